The molecule has 0 atom stereocenters. The first-order valence-corrected chi connectivity index (χ1v) is 10.7. The van der Waals surface area contributed by atoms with Crippen LogP contribution in [0, 0.1) is 19.3 Å². The van der Waals surface area contributed by atoms with Crippen molar-refractivity contribution in [2.75, 3.05) is 16.8 Å². The Kier molecular flexibility index (Phi) is 5.87. The molecule has 3 nitrogen and oxygen atoms in total. The second kappa shape index (κ2) is 7.84. The molecule has 27 heavy (non-hydrogen) atoms. The van der Waals surface area contributed by atoms with Crippen molar-refractivity contribution in [1.82, 2.24) is 0 Å². The molecule has 0 bridgehead atoms. The highest BCUT2D eigenvalue weighted by Crippen LogP contribution is 2.34. The summed E-state index contributed by atoms with van der Waals surface area (Å²) >= 11 is 7.92. The zero-order chi connectivity index (χ0) is 19.8. The van der Waals surface area contributed by atoms with Gasteiger partial charge in [-0.3, -0.25) is 4.79 Å². The van der Waals surface area contributed by atoms with Gasteiger partial charge >= 0.3 is 0 Å². The van der Waals surface area contributed by atoms with E-state index in [1.54, 1.807) is 11.3 Å². The van der Waals surface area contributed by atoms with E-state index in [0.29, 0.717) is 6.42 Å². The summed E-state index contributed by atoms with van der Waals surface area (Å²) in [6.07, 6.45) is 2.73. The third-order valence-electron chi connectivity index (χ3n) is 4.91. The first kappa shape index (κ1) is 20.2. The van der Waals surface area contributed by atoms with E-state index in [-0.39, 0.29) is 11.3 Å². The maximum Gasteiger partial charge on any atom is 0.224 e. The summed E-state index contributed by atoms with van der Waals surface area (Å²) in [7, 11) is 0. The minimum atomic E-state index is -0.0163. The standard InChI is InChI=1S/C22H29ClN2OS/c1-14-9-17(10-15(2)21(14)24-20(26)12-22(3,4)5)25-8-6-7-16-11-19(23)27-18(16)13-25/h9-11H,6-8,12-13H2,1-5H3,(H,24,26). The molecule has 5 heteroatoms. The van der Waals surface area contributed by atoms with Crippen molar-refractivity contribution >= 4 is 40.2 Å². The van der Waals surface area contributed by atoms with Gasteiger partial charge in [-0.25, -0.2) is 0 Å². The second-order valence-corrected chi connectivity index (χ2v) is 10.5. The molecule has 2 heterocycles. The number of nitrogens with zero attached hydrogens (tertiary/aromatic N) is 1. The smallest absolute Gasteiger partial charge is 0.224 e. The largest absolute Gasteiger partial charge is 0.366 e. The molecule has 3 rings (SSSR count). The van der Waals surface area contributed by atoms with Crippen molar-refractivity contribution in [3.05, 3.63) is 44.1 Å². The van der Waals surface area contributed by atoms with E-state index < -0.39 is 0 Å². The van der Waals surface area contributed by atoms with Crippen molar-refractivity contribution in [2.45, 2.75) is 60.4 Å². The number of benzene rings is 1. The second-order valence-electron chi connectivity index (χ2n) is 8.76. The number of anilines is 2. The molecule has 0 radical (unpaired) electrons. The fourth-order valence-corrected chi connectivity index (χ4v) is 5.05. The van der Waals surface area contributed by atoms with Gasteiger partial charge in [0.25, 0.3) is 0 Å². The molecule has 0 unspecified atom stereocenters. The molecule has 0 fully saturated rings. The molecule has 146 valence electrons. The number of thiophene rings is 1. The summed E-state index contributed by atoms with van der Waals surface area (Å²) in [4.78, 5) is 16.2. The lowest BCUT2D eigenvalue weighted by Gasteiger charge is -2.25. The monoisotopic (exact) mass is 404 g/mol. The molecular formula is C22H29ClN2OS. The van der Waals surface area contributed by atoms with E-state index in [0.717, 1.165) is 47.1 Å². The molecule has 1 aromatic carbocycles. The van der Waals surface area contributed by atoms with Crippen molar-refractivity contribution in [1.29, 1.82) is 0 Å². The molecule has 1 aliphatic rings. The number of rotatable bonds is 3. The summed E-state index contributed by atoms with van der Waals surface area (Å²) in [5.41, 5.74) is 5.77. The van der Waals surface area contributed by atoms with Crippen LogP contribution in [0.25, 0.3) is 0 Å². The van der Waals surface area contributed by atoms with Crippen molar-refractivity contribution in [2.24, 2.45) is 5.41 Å². The Morgan fingerprint density at radius 2 is 1.89 bits per heavy atom. The van der Waals surface area contributed by atoms with Crippen LogP contribution in [0.4, 0.5) is 11.4 Å². The van der Waals surface area contributed by atoms with Gasteiger partial charge in [0, 0.05) is 29.2 Å². The normalized spacial score (nSPS) is 14.7. The molecule has 0 saturated carbocycles. The van der Waals surface area contributed by atoms with Crippen LogP contribution in [0.5, 0.6) is 0 Å². The van der Waals surface area contributed by atoms with E-state index in [1.165, 1.54) is 16.1 Å². The van der Waals surface area contributed by atoms with E-state index >= 15 is 0 Å². The SMILES string of the molecule is Cc1cc(N2CCCc3cc(Cl)sc3C2)cc(C)c1NC(=O)CC(C)(C)C. The highest BCUT2D eigenvalue weighted by molar-refractivity contribution is 7.16. The highest BCUT2D eigenvalue weighted by atomic mass is 35.5. The van der Waals surface area contributed by atoms with Crippen LogP contribution < -0.4 is 10.2 Å². The Hall–Kier alpha value is -1.52. The molecule has 0 aliphatic carbocycles. The summed E-state index contributed by atoms with van der Waals surface area (Å²) in [5.74, 6) is 0.0779. The minimum absolute atomic E-state index is 0.0163. The lowest BCUT2D eigenvalue weighted by atomic mass is 9.92. The average molecular weight is 405 g/mol. The van der Waals surface area contributed by atoms with Gasteiger partial charge in [-0.1, -0.05) is 32.4 Å². The Bertz CT molecular complexity index is 827. The molecule has 1 amide bonds. The minimum Gasteiger partial charge on any atom is -0.366 e. The molecule has 0 spiro atoms. The number of aryl methyl sites for hydroxylation is 3. The van der Waals surface area contributed by atoms with Gasteiger partial charge in [-0.2, -0.15) is 0 Å². The lowest BCUT2D eigenvalue weighted by Crippen LogP contribution is -2.23. The molecule has 1 aliphatic heterocycles. The average Bonchev–Trinajstić information content (AvgIpc) is 2.76. The van der Waals surface area contributed by atoms with Crippen molar-refractivity contribution in [3.63, 3.8) is 0 Å². The Labute approximate surface area is 171 Å². The molecule has 1 N–H and O–H groups in total. The van der Waals surface area contributed by atoms with E-state index in [9.17, 15) is 4.79 Å². The number of carbonyl (C=O) groups is 1. The van der Waals surface area contributed by atoms with E-state index in [1.807, 2.05) is 0 Å². The first-order chi connectivity index (χ1) is 12.6. The number of carbonyl (C=O) groups excluding carboxylic acids is 1. The number of hydrogen-bond acceptors (Lipinski definition) is 3. The van der Waals surface area contributed by atoms with Crippen LogP contribution >= 0.6 is 22.9 Å². The fourth-order valence-electron chi connectivity index (χ4n) is 3.69. The van der Waals surface area contributed by atoms with Crippen LogP contribution in [0.15, 0.2) is 18.2 Å². The predicted octanol–water partition coefficient (Wildman–Crippen LogP) is 6.35. The maximum atomic E-state index is 12.4. The number of nitrogens with one attached hydrogen (secondary N) is 1. The van der Waals surface area contributed by atoms with Gasteiger partial charge in [-0.15, -0.1) is 11.3 Å². The number of fused-ring (bicyclic) bond motifs is 1. The predicted molar refractivity (Wildman–Crippen MR) is 117 cm³/mol. The summed E-state index contributed by atoms with van der Waals surface area (Å²) < 4.78 is 0.881. The van der Waals surface area contributed by atoms with Gasteiger partial charge in [-0.05, 0) is 67.0 Å². The highest BCUT2D eigenvalue weighted by Gasteiger charge is 2.20. The van der Waals surface area contributed by atoms with Crippen LogP contribution in [0.1, 0.15) is 55.2 Å². The quantitative estimate of drug-likeness (QED) is 0.646. The van der Waals surface area contributed by atoms with E-state index in [4.69, 9.17) is 11.6 Å². The summed E-state index contributed by atoms with van der Waals surface area (Å²) in [5, 5.41) is 3.12. The van der Waals surface area contributed by atoms with Crippen molar-refractivity contribution in [3.8, 4) is 0 Å². The molecule has 1 aromatic heterocycles. The fraction of sp³-hybridized carbons (Fsp3) is 0.500. The van der Waals surface area contributed by atoms with Crippen LogP contribution in [0.2, 0.25) is 4.34 Å². The van der Waals surface area contributed by atoms with Crippen LogP contribution in [0.3, 0.4) is 0 Å². The number of halogens is 1. The third-order valence-corrected chi connectivity index (χ3v) is 6.20. The molecular weight excluding hydrogens is 376 g/mol. The number of amides is 1. The zero-order valence-corrected chi connectivity index (χ0v) is 18.5. The first-order valence-electron chi connectivity index (χ1n) is 9.55. The van der Waals surface area contributed by atoms with Crippen LogP contribution in [-0.2, 0) is 17.8 Å². The van der Waals surface area contributed by atoms with Gasteiger partial charge in [0.05, 0.1) is 10.9 Å². The Morgan fingerprint density at radius 1 is 1.22 bits per heavy atom. The lowest BCUT2D eigenvalue weighted by molar-refractivity contribution is -0.117. The number of hydrogen-bond donors (Lipinski definition) is 1. The van der Waals surface area contributed by atoms with E-state index in [2.05, 4.69) is 63.0 Å². The molecule has 0 saturated heterocycles. The van der Waals surface area contributed by atoms with Gasteiger partial charge in [0.1, 0.15) is 0 Å². The summed E-state index contributed by atoms with van der Waals surface area (Å²) in [6, 6.07) is 6.51. The van der Waals surface area contributed by atoms with Gasteiger partial charge < -0.3 is 10.2 Å². The van der Waals surface area contributed by atoms with Crippen molar-refractivity contribution < 1.29 is 4.79 Å². The van der Waals surface area contributed by atoms with Crippen LogP contribution in [-0.4, -0.2) is 12.5 Å². The Balaban J connectivity index is 1.81. The third kappa shape index (κ3) is 5.05. The Morgan fingerprint density at radius 3 is 2.52 bits per heavy atom. The zero-order valence-electron chi connectivity index (χ0n) is 16.9. The van der Waals surface area contributed by atoms with Gasteiger partial charge in [0.2, 0.25) is 5.91 Å². The topological polar surface area (TPSA) is 32.3 Å². The molecule has 2 aromatic rings. The maximum absolute atomic E-state index is 12.4. The summed E-state index contributed by atoms with van der Waals surface area (Å²) in [6.45, 7) is 12.3. The van der Waals surface area contributed by atoms with Gasteiger partial charge in [0.15, 0.2) is 0 Å².